The van der Waals surface area contributed by atoms with Crippen molar-refractivity contribution in [3.8, 4) is 0 Å². The molecule has 0 amide bonds. The van der Waals surface area contributed by atoms with E-state index in [0.29, 0.717) is 23.6 Å². The van der Waals surface area contributed by atoms with E-state index < -0.39 is 20.1 Å². The minimum Gasteiger partial charge on any atom is -0.338 e. The molecule has 142 valence electrons. The van der Waals surface area contributed by atoms with Crippen LogP contribution in [0.25, 0.3) is 0 Å². The molecule has 0 bridgehead atoms. The summed E-state index contributed by atoms with van der Waals surface area (Å²) >= 11 is 0. The molecule has 0 radical (unpaired) electrons. The molecular formula is C18H24ClN3O3S. The molecule has 0 saturated heterocycles. The Morgan fingerprint density at radius 1 is 1.04 bits per heavy atom. The van der Waals surface area contributed by atoms with Crippen molar-refractivity contribution in [2.75, 3.05) is 0 Å². The third-order valence-electron chi connectivity index (χ3n) is 5.76. The predicted octanol–water partition coefficient (Wildman–Crippen LogP) is 3.38. The summed E-state index contributed by atoms with van der Waals surface area (Å²) in [5, 5.41) is 4.05. The minimum absolute atomic E-state index is 0. The van der Waals surface area contributed by atoms with Gasteiger partial charge in [0.2, 0.25) is 5.89 Å². The highest BCUT2D eigenvalue weighted by atomic mass is 35.5. The van der Waals surface area contributed by atoms with Crippen molar-refractivity contribution in [2.24, 2.45) is 5.73 Å². The lowest BCUT2D eigenvalue weighted by Crippen LogP contribution is -2.44. The fourth-order valence-electron chi connectivity index (χ4n) is 3.88. The Kier molecular flexibility index (Phi) is 4.92. The van der Waals surface area contributed by atoms with Gasteiger partial charge in [0, 0.05) is 0 Å². The highest BCUT2D eigenvalue weighted by Gasteiger charge is 2.53. The number of aromatic nitrogens is 2. The van der Waals surface area contributed by atoms with Crippen molar-refractivity contribution >= 4 is 22.2 Å². The standard InChI is InChI=1S/C18H23N3O3S.ClH/c1-13-5-7-14(8-6-13)25(22,23)18(11-2-3-12-18)16-20-15(21-24-16)17(19)9-4-10-17;/h5-8H,2-4,9-12,19H2,1H3;1H. The molecule has 2 N–H and O–H groups in total. The molecule has 4 rings (SSSR count). The number of benzene rings is 1. The largest absolute Gasteiger partial charge is 0.338 e. The smallest absolute Gasteiger partial charge is 0.248 e. The number of hydrogen-bond donors (Lipinski definition) is 1. The van der Waals surface area contributed by atoms with Crippen molar-refractivity contribution in [3.63, 3.8) is 0 Å². The molecule has 1 aromatic carbocycles. The molecule has 1 aromatic heterocycles. The van der Waals surface area contributed by atoms with Crippen LogP contribution in [-0.4, -0.2) is 18.6 Å². The van der Waals surface area contributed by atoms with E-state index in [1.165, 1.54) is 0 Å². The van der Waals surface area contributed by atoms with Crippen LogP contribution in [0, 0.1) is 6.92 Å². The first-order valence-electron chi connectivity index (χ1n) is 8.82. The molecule has 2 aromatic rings. The zero-order valence-electron chi connectivity index (χ0n) is 14.8. The number of sulfone groups is 1. The van der Waals surface area contributed by atoms with E-state index in [2.05, 4.69) is 10.1 Å². The third kappa shape index (κ3) is 2.77. The Morgan fingerprint density at radius 3 is 2.19 bits per heavy atom. The van der Waals surface area contributed by atoms with Crippen LogP contribution < -0.4 is 5.73 Å². The Balaban J connectivity index is 0.00000196. The molecule has 0 aliphatic heterocycles. The lowest BCUT2D eigenvalue weighted by molar-refractivity contribution is 0.228. The molecule has 2 aliphatic carbocycles. The molecule has 0 atom stereocenters. The van der Waals surface area contributed by atoms with E-state index in [0.717, 1.165) is 37.7 Å². The van der Waals surface area contributed by atoms with Crippen LogP contribution in [0.4, 0.5) is 0 Å². The number of aryl methyl sites for hydroxylation is 1. The first-order chi connectivity index (χ1) is 11.9. The summed E-state index contributed by atoms with van der Waals surface area (Å²) in [6, 6.07) is 6.97. The first kappa shape index (κ1) is 19.3. The Bertz CT molecular complexity index is 883. The monoisotopic (exact) mass is 397 g/mol. The quantitative estimate of drug-likeness (QED) is 0.848. The molecule has 6 nitrogen and oxygen atoms in total. The van der Waals surface area contributed by atoms with Crippen molar-refractivity contribution in [2.45, 2.75) is 67.1 Å². The van der Waals surface area contributed by atoms with Gasteiger partial charge in [0.1, 0.15) is 0 Å². The number of halogens is 1. The van der Waals surface area contributed by atoms with Gasteiger partial charge in [-0.3, -0.25) is 0 Å². The molecule has 2 aliphatic rings. The van der Waals surface area contributed by atoms with Crippen LogP contribution in [0.2, 0.25) is 0 Å². The summed E-state index contributed by atoms with van der Waals surface area (Å²) < 4.78 is 31.3. The van der Waals surface area contributed by atoms with Crippen LogP contribution in [0.1, 0.15) is 62.2 Å². The highest BCUT2D eigenvalue weighted by Crippen LogP contribution is 2.48. The maximum atomic E-state index is 13.5. The second-order valence-electron chi connectivity index (χ2n) is 7.45. The summed E-state index contributed by atoms with van der Waals surface area (Å²) in [5.41, 5.74) is 6.74. The lowest BCUT2D eigenvalue weighted by atomic mass is 9.77. The van der Waals surface area contributed by atoms with Crippen molar-refractivity contribution < 1.29 is 12.9 Å². The van der Waals surface area contributed by atoms with Crippen molar-refractivity contribution in [1.82, 2.24) is 10.1 Å². The normalized spacial score (nSPS) is 21.0. The average molecular weight is 398 g/mol. The van der Waals surface area contributed by atoms with Gasteiger partial charge in [-0.05, 0) is 51.2 Å². The van der Waals surface area contributed by atoms with Gasteiger partial charge < -0.3 is 10.3 Å². The van der Waals surface area contributed by atoms with E-state index in [4.69, 9.17) is 10.3 Å². The molecule has 1 heterocycles. The van der Waals surface area contributed by atoms with E-state index in [1.54, 1.807) is 12.1 Å². The van der Waals surface area contributed by atoms with E-state index in [-0.39, 0.29) is 18.3 Å². The molecule has 2 saturated carbocycles. The molecule has 8 heteroatoms. The fraction of sp³-hybridized carbons (Fsp3) is 0.556. The third-order valence-corrected chi connectivity index (χ3v) is 8.27. The molecular weight excluding hydrogens is 374 g/mol. The Morgan fingerprint density at radius 2 is 1.65 bits per heavy atom. The highest BCUT2D eigenvalue weighted by molar-refractivity contribution is 7.92. The molecule has 0 spiro atoms. The van der Waals surface area contributed by atoms with Gasteiger partial charge in [-0.2, -0.15) is 4.98 Å². The number of hydrogen-bond acceptors (Lipinski definition) is 6. The first-order valence-corrected chi connectivity index (χ1v) is 10.3. The van der Waals surface area contributed by atoms with E-state index in [9.17, 15) is 8.42 Å². The minimum atomic E-state index is -3.63. The summed E-state index contributed by atoms with van der Waals surface area (Å²) in [5.74, 6) is 0.649. The zero-order valence-corrected chi connectivity index (χ0v) is 16.4. The second kappa shape index (κ2) is 6.62. The second-order valence-corrected chi connectivity index (χ2v) is 9.71. The topological polar surface area (TPSA) is 99.1 Å². The van der Waals surface area contributed by atoms with Gasteiger partial charge >= 0.3 is 0 Å². The van der Waals surface area contributed by atoms with Gasteiger partial charge in [0.05, 0.1) is 10.4 Å². The average Bonchev–Trinajstić information content (AvgIpc) is 3.23. The van der Waals surface area contributed by atoms with Gasteiger partial charge in [-0.15, -0.1) is 12.4 Å². The molecule has 0 unspecified atom stereocenters. The summed E-state index contributed by atoms with van der Waals surface area (Å²) in [6.45, 7) is 1.94. The van der Waals surface area contributed by atoms with Crippen LogP contribution in [0.5, 0.6) is 0 Å². The van der Waals surface area contributed by atoms with Gasteiger partial charge in [0.15, 0.2) is 20.4 Å². The van der Waals surface area contributed by atoms with Crippen LogP contribution in [-0.2, 0) is 20.1 Å². The van der Waals surface area contributed by atoms with Crippen molar-refractivity contribution in [1.29, 1.82) is 0 Å². The fourth-order valence-corrected chi connectivity index (χ4v) is 5.96. The van der Waals surface area contributed by atoms with Crippen LogP contribution >= 0.6 is 12.4 Å². The van der Waals surface area contributed by atoms with Gasteiger partial charge in [-0.25, -0.2) is 8.42 Å². The molecule has 26 heavy (non-hydrogen) atoms. The summed E-state index contributed by atoms with van der Waals surface area (Å²) in [6.07, 6.45) is 5.32. The van der Waals surface area contributed by atoms with Gasteiger partial charge in [0.25, 0.3) is 0 Å². The van der Waals surface area contributed by atoms with Crippen LogP contribution in [0.3, 0.4) is 0 Å². The van der Waals surface area contributed by atoms with E-state index >= 15 is 0 Å². The van der Waals surface area contributed by atoms with E-state index in [1.807, 2.05) is 19.1 Å². The SMILES string of the molecule is Cc1ccc(S(=O)(=O)C2(c3nc(C4(N)CCC4)no3)CCCC2)cc1.Cl. The number of nitrogens with two attached hydrogens (primary N) is 1. The maximum Gasteiger partial charge on any atom is 0.248 e. The molecule has 2 fully saturated rings. The maximum absolute atomic E-state index is 13.5. The zero-order chi connectivity index (χ0) is 17.7. The van der Waals surface area contributed by atoms with Crippen LogP contribution in [0.15, 0.2) is 33.7 Å². The Labute approximate surface area is 159 Å². The number of rotatable bonds is 4. The number of nitrogens with zero attached hydrogens (tertiary/aromatic N) is 2. The Hall–Kier alpha value is -1.44. The summed E-state index contributed by atoms with van der Waals surface area (Å²) in [4.78, 5) is 4.80. The summed E-state index contributed by atoms with van der Waals surface area (Å²) in [7, 11) is -3.63. The lowest BCUT2D eigenvalue weighted by Gasteiger charge is -2.34. The van der Waals surface area contributed by atoms with Crippen molar-refractivity contribution in [3.05, 3.63) is 41.5 Å². The van der Waals surface area contributed by atoms with Gasteiger partial charge in [-0.1, -0.05) is 35.7 Å². The predicted molar refractivity (Wildman–Crippen MR) is 99.8 cm³/mol.